The number of pyridine rings is 2. The van der Waals surface area contributed by atoms with Crippen molar-refractivity contribution in [1.82, 2.24) is 30.6 Å². The van der Waals surface area contributed by atoms with Crippen molar-refractivity contribution < 1.29 is 23.1 Å². The van der Waals surface area contributed by atoms with E-state index in [1.165, 1.54) is 12.3 Å². The van der Waals surface area contributed by atoms with Crippen LogP contribution in [0.3, 0.4) is 0 Å². The summed E-state index contributed by atoms with van der Waals surface area (Å²) in [7, 11) is 1.56. The molecule has 0 radical (unpaired) electrons. The molecule has 1 saturated heterocycles. The van der Waals surface area contributed by atoms with Gasteiger partial charge in [-0.25, -0.2) is 28.7 Å². The van der Waals surface area contributed by atoms with E-state index in [-0.39, 0.29) is 34.4 Å². The van der Waals surface area contributed by atoms with E-state index >= 15 is 0 Å². The van der Waals surface area contributed by atoms with E-state index in [2.05, 4.69) is 30.9 Å². The Morgan fingerprint density at radius 2 is 1.87 bits per heavy atom. The molecule has 2 aromatic carbocycles. The number of ether oxygens (including phenoxy) is 1. The van der Waals surface area contributed by atoms with Gasteiger partial charge in [0.05, 0.1) is 23.3 Å². The van der Waals surface area contributed by atoms with Gasteiger partial charge in [-0.15, -0.1) is 0 Å². The minimum atomic E-state index is -2.92. The highest BCUT2D eigenvalue weighted by molar-refractivity contribution is 6.36. The lowest BCUT2D eigenvalue weighted by atomic mass is 9.96. The molecule has 10 nitrogen and oxygen atoms in total. The van der Waals surface area contributed by atoms with Crippen LogP contribution >= 0.6 is 11.6 Å². The maximum absolute atomic E-state index is 13.7. The van der Waals surface area contributed by atoms with Gasteiger partial charge in [-0.2, -0.15) is 0 Å². The molecule has 47 heavy (non-hydrogen) atoms. The van der Waals surface area contributed by atoms with E-state index in [1.54, 1.807) is 13.2 Å². The molecule has 6 rings (SSSR count). The molecule has 4 heterocycles. The number of aromatic nitrogens is 4. The Labute approximate surface area is 274 Å². The van der Waals surface area contributed by atoms with Crippen LogP contribution in [0.4, 0.5) is 20.3 Å². The third-order valence-electron chi connectivity index (χ3n) is 7.98. The predicted octanol–water partition coefficient (Wildman–Crippen LogP) is 6.59. The van der Waals surface area contributed by atoms with E-state index in [1.807, 2.05) is 49.4 Å². The summed E-state index contributed by atoms with van der Waals surface area (Å²) in [4.78, 5) is 39.7. The van der Waals surface area contributed by atoms with Crippen molar-refractivity contribution in [2.45, 2.75) is 38.8 Å². The molecule has 3 aromatic heterocycles. The van der Waals surface area contributed by atoms with Gasteiger partial charge >= 0.3 is 0 Å². The standard InChI is InChI=1S/C34H30ClF2N7O3/c1-18-22(5-4-8-25(18)41-32-30-27(13-19(17-45)14-39-30)42-33(44-32)31(36)37)23-6-3-7-24(29(23)35)26-11-9-20(34(43-26)47-2)15-38-16-21-10-12-28(46)40-21/h3-9,11,13-14,17,21,31,38H,10,12,15-16H2,1-2H3,(H,40,46)(H,41,42,44)/t21-/m0/s1. The van der Waals surface area contributed by atoms with Gasteiger partial charge in [0.15, 0.2) is 17.9 Å². The van der Waals surface area contributed by atoms with Crippen molar-refractivity contribution in [3.05, 3.63) is 88.3 Å². The SMILES string of the molecule is COc1nc(-c2cccc(-c3cccc(Nc4nc(C(F)F)nc5cc(C=O)cnc45)c3C)c2Cl)ccc1CNC[C@@H]1CCC(=O)N1. The summed E-state index contributed by atoms with van der Waals surface area (Å²) in [5.74, 6) is -0.0561. The van der Waals surface area contributed by atoms with Crippen LogP contribution in [-0.4, -0.2) is 51.8 Å². The largest absolute Gasteiger partial charge is 0.481 e. The van der Waals surface area contributed by atoms with Gasteiger partial charge in [0, 0.05) is 59.7 Å². The molecule has 0 bridgehead atoms. The number of amides is 1. The van der Waals surface area contributed by atoms with Crippen molar-refractivity contribution in [1.29, 1.82) is 0 Å². The lowest BCUT2D eigenvalue weighted by Crippen LogP contribution is -2.35. The van der Waals surface area contributed by atoms with Gasteiger partial charge in [0.1, 0.15) is 5.52 Å². The first kappa shape index (κ1) is 31.9. The fourth-order valence-electron chi connectivity index (χ4n) is 5.57. The lowest BCUT2D eigenvalue weighted by molar-refractivity contribution is -0.119. The minimum Gasteiger partial charge on any atom is -0.481 e. The van der Waals surface area contributed by atoms with Crippen LogP contribution in [0.1, 0.15) is 46.6 Å². The molecule has 240 valence electrons. The zero-order chi connectivity index (χ0) is 33.1. The first-order valence-electron chi connectivity index (χ1n) is 14.9. The topological polar surface area (TPSA) is 131 Å². The van der Waals surface area contributed by atoms with Crippen molar-refractivity contribution in [3.8, 4) is 28.3 Å². The van der Waals surface area contributed by atoms with Crippen molar-refractivity contribution in [2.24, 2.45) is 0 Å². The highest BCUT2D eigenvalue weighted by Crippen LogP contribution is 2.40. The molecule has 5 aromatic rings. The number of halogens is 3. The van der Waals surface area contributed by atoms with Crippen LogP contribution in [0, 0.1) is 6.92 Å². The Morgan fingerprint density at radius 3 is 2.62 bits per heavy atom. The van der Waals surface area contributed by atoms with Gasteiger partial charge in [0.2, 0.25) is 11.8 Å². The van der Waals surface area contributed by atoms with Gasteiger partial charge in [0.25, 0.3) is 6.43 Å². The molecule has 3 N–H and O–H groups in total. The smallest absolute Gasteiger partial charge is 0.297 e. The Bertz CT molecular complexity index is 1990. The molecule has 0 unspecified atom stereocenters. The molecule has 0 saturated carbocycles. The van der Waals surface area contributed by atoms with Crippen LogP contribution < -0.4 is 20.7 Å². The van der Waals surface area contributed by atoms with Crippen LogP contribution in [0.15, 0.2) is 60.8 Å². The highest BCUT2D eigenvalue weighted by Gasteiger charge is 2.21. The second-order valence-electron chi connectivity index (χ2n) is 11.1. The van der Waals surface area contributed by atoms with Crippen molar-refractivity contribution in [2.75, 3.05) is 19.0 Å². The van der Waals surface area contributed by atoms with E-state index < -0.39 is 12.2 Å². The van der Waals surface area contributed by atoms with E-state index in [0.717, 1.165) is 28.7 Å². The number of alkyl halides is 2. The molecule has 0 aliphatic carbocycles. The summed E-state index contributed by atoms with van der Waals surface area (Å²) in [6.07, 6.45) is 0.351. The van der Waals surface area contributed by atoms with Crippen LogP contribution in [0.5, 0.6) is 5.88 Å². The van der Waals surface area contributed by atoms with E-state index in [0.29, 0.717) is 53.6 Å². The minimum absolute atomic E-state index is 0.0767. The van der Waals surface area contributed by atoms with Gasteiger partial charge in [-0.3, -0.25) is 9.59 Å². The molecule has 1 fully saturated rings. The van der Waals surface area contributed by atoms with Gasteiger partial charge in [-0.05, 0) is 42.7 Å². The zero-order valence-corrected chi connectivity index (χ0v) is 26.2. The Hall–Kier alpha value is -5.07. The first-order chi connectivity index (χ1) is 22.7. The molecular formula is C34H30ClF2N7O3. The average molecular weight is 658 g/mol. The summed E-state index contributed by atoms with van der Waals surface area (Å²) >= 11 is 7.04. The summed E-state index contributed by atoms with van der Waals surface area (Å²) in [6, 6.07) is 16.5. The Balaban J connectivity index is 1.29. The number of carbonyl (C=O) groups is 2. The summed E-state index contributed by atoms with van der Waals surface area (Å²) in [5.41, 5.74) is 5.70. The fourth-order valence-corrected chi connectivity index (χ4v) is 5.90. The number of anilines is 2. The molecule has 1 aliphatic rings. The van der Waals surface area contributed by atoms with Crippen molar-refractivity contribution in [3.63, 3.8) is 0 Å². The number of aldehydes is 1. The normalized spacial score (nSPS) is 14.4. The number of fused-ring (bicyclic) bond motifs is 1. The second kappa shape index (κ2) is 13.7. The predicted molar refractivity (Wildman–Crippen MR) is 175 cm³/mol. The van der Waals surface area contributed by atoms with Crippen LogP contribution in [0.25, 0.3) is 33.4 Å². The van der Waals surface area contributed by atoms with Crippen LogP contribution in [0.2, 0.25) is 5.02 Å². The average Bonchev–Trinajstić information content (AvgIpc) is 3.50. The summed E-state index contributed by atoms with van der Waals surface area (Å²) in [6.45, 7) is 3.05. The fraction of sp³-hybridized carbons (Fsp3) is 0.235. The number of benzene rings is 2. The summed E-state index contributed by atoms with van der Waals surface area (Å²) < 4.78 is 33.0. The molecule has 1 aliphatic heterocycles. The molecule has 13 heteroatoms. The Kier molecular flexibility index (Phi) is 9.32. The number of carbonyl (C=O) groups excluding carboxylic acids is 2. The third kappa shape index (κ3) is 6.74. The third-order valence-corrected chi connectivity index (χ3v) is 8.39. The number of nitrogens with one attached hydrogen (secondary N) is 3. The maximum Gasteiger partial charge on any atom is 0.297 e. The van der Waals surface area contributed by atoms with E-state index in [9.17, 15) is 18.4 Å². The van der Waals surface area contributed by atoms with Crippen LogP contribution in [-0.2, 0) is 11.3 Å². The van der Waals surface area contributed by atoms with Gasteiger partial charge in [-0.1, -0.05) is 48.0 Å². The monoisotopic (exact) mass is 657 g/mol. The molecule has 1 amide bonds. The quantitative estimate of drug-likeness (QED) is 0.135. The number of hydrogen-bond donors (Lipinski definition) is 3. The highest BCUT2D eigenvalue weighted by atomic mass is 35.5. The molecule has 1 atom stereocenters. The number of nitrogens with zero attached hydrogens (tertiary/aromatic N) is 4. The van der Waals surface area contributed by atoms with Gasteiger partial charge < -0.3 is 20.7 Å². The zero-order valence-electron chi connectivity index (χ0n) is 25.5. The number of rotatable bonds is 11. The van der Waals surface area contributed by atoms with Crippen molar-refractivity contribution >= 4 is 46.3 Å². The molecule has 0 spiro atoms. The number of hydrogen-bond acceptors (Lipinski definition) is 9. The Morgan fingerprint density at radius 1 is 1.09 bits per heavy atom. The second-order valence-corrected chi connectivity index (χ2v) is 11.4. The lowest BCUT2D eigenvalue weighted by Gasteiger charge is -2.17. The maximum atomic E-state index is 13.7. The number of methoxy groups -OCH3 is 1. The summed E-state index contributed by atoms with van der Waals surface area (Å²) in [5, 5.41) is 9.93. The van der Waals surface area contributed by atoms with E-state index in [4.69, 9.17) is 21.3 Å². The molecular weight excluding hydrogens is 628 g/mol. The first-order valence-corrected chi connectivity index (χ1v) is 15.2.